The van der Waals surface area contributed by atoms with E-state index in [9.17, 15) is 4.79 Å². The number of fused-ring (bicyclic) bond motifs is 1. The summed E-state index contributed by atoms with van der Waals surface area (Å²) in [5.74, 6) is -0.193. The molecule has 0 aliphatic carbocycles. The molecule has 6 heteroatoms. The highest BCUT2D eigenvalue weighted by Crippen LogP contribution is 2.27. The lowest BCUT2D eigenvalue weighted by Gasteiger charge is -2.14. The van der Waals surface area contributed by atoms with E-state index >= 15 is 0 Å². The standard InChI is InChI=1S/C19H21N3O3/c1-12(7-6-10-23)20-18(24)15-11-16(14-8-4-3-5-9-14)21-19-17(15)13(2)22-25-19/h3-5,8-9,11-12,23H,6-7,10H2,1-2H3,(H,20,24). The lowest BCUT2D eigenvalue weighted by molar-refractivity contribution is 0.0938. The first kappa shape index (κ1) is 17.1. The molecule has 130 valence electrons. The Morgan fingerprint density at radius 2 is 2.08 bits per heavy atom. The number of rotatable bonds is 6. The molecule has 2 aromatic heterocycles. The van der Waals surface area contributed by atoms with Crippen LogP contribution in [0.5, 0.6) is 0 Å². The average molecular weight is 339 g/mol. The molecule has 0 aliphatic heterocycles. The van der Waals surface area contributed by atoms with Crippen LogP contribution in [-0.2, 0) is 0 Å². The van der Waals surface area contributed by atoms with Crippen molar-refractivity contribution >= 4 is 17.0 Å². The Bertz CT molecular complexity index is 874. The molecule has 1 amide bonds. The molecule has 0 spiro atoms. The van der Waals surface area contributed by atoms with E-state index in [1.807, 2.05) is 37.3 Å². The second-order valence-electron chi connectivity index (χ2n) is 6.11. The summed E-state index contributed by atoms with van der Waals surface area (Å²) in [6, 6.07) is 11.4. The highest BCUT2D eigenvalue weighted by Gasteiger charge is 2.20. The lowest BCUT2D eigenvalue weighted by Crippen LogP contribution is -2.32. The Labute approximate surface area is 145 Å². The Balaban J connectivity index is 2.00. The number of nitrogens with zero attached hydrogens (tertiary/aromatic N) is 2. The van der Waals surface area contributed by atoms with Crippen LogP contribution in [0.25, 0.3) is 22.4 Å². The van der Waals surface area contributed by atoms with Crippen molar-refractivity contribution in [2.75, 3.05) is 6.61 Å². The molecule has 0 saturated carbocycles. The summed E-state index contributed by atoms with van der Waals surface area (Å²) in [5.41, 5.74) is 3.05. The summed E-state index contributed by atoms with van der Waals surface area (Å²) in [6.45, 7) is 3.83. The number of aromatic nitrogens is 2. The van der Waals surface area contributed by atoms with Crippen LogP contribution < -0.4 is 5.32 Å². The number of aryl methyl sites for hydroxylation is 1. The zero-order valence-electron chi connectivity index (χ0n) is 14.3. The molecule has 0 radical (unpaired) electrons. The van der Waals surface area contributed by atoms with Gasteiger partial charge in [-0.05, 0) is 32.8 Å². The topological polar surface area (TPSA) is 88.2 Å². The number of benzene rings is 1. The van der Waals surface area contributed by atoms with Crippen LogP contribution in [0.15, 0.2) is 40.9 Å². The van der Waals surface area contributed by atoms with Crippen molar-refractivity contribution in [2.45, 2.75) is 32.7 Å². The van der Waals surface area contributed by atoms with E-state index in [0.717, 1.165) is 5.56 Å². The predicted molar refractivity (Wildman–Crippen MR) is 95.2 cm³/mol. The van der Waals surface area contributed by atoms with E-state index in [1.54, 1.807) is 13.0 Å². The summed E-state index contributed by atoms with van der Waals surface area (Å²) < 4.78 is 5.30. The first-order chi connectivity index (χ1) is 12.1. The highest BCUT2D eigenvalue weighted by molar-refractivity contribution is 6.07. The summed E-state index contributed by atoms with van der Waals surface area (Å²) in [7, 11) is 0. The molecule has 0 fully saturated rings. The molecule has 2 heterocycles. The fourth-order valence-electron chi connectivity index (χ4n) is 2.80. The molecule has 1 atom stereocenters. The minimum Gasteiger partial charge on any atom is -0.396 e. The first-order valence-electron chi connectivity index (χ1n) is 8.34. The minimum atomic E-state index is -0.193. The molecule has 6 nitrogen and oxygen atoms in total. The minimum absolute atomic E-state index is 0.0387. The number of hydrogen-bond acceptors (Lipinski definition) is 5. The molecule has 1 aromatic carbocycles. The fourth-order valence-corrected chi connectivity index (χ4v) is 2.80. The maximum Gasteiger partial charge on any atom is 0.259 e. The van der Waals surface area contributed by atoms with Gasteiger partial charge >= 0.3 is 0 Å². The summed E-state index contributed by atoms with van der Waals surface area (Å²) in [6.07, 6.45) is 1.36. The third kappa shape index (κ3) is 3.69. The van der Waals surface area contributed by atoms with E-state index in [2.05, 4.69) is 15.5 Å². The van der Waals surface area contributed by atoms with Crippen molar-refractivity contribution in [1.29, 1.82) is 0 Å². The first-order valence-corrected chi connectivity index (χ1v) is 8.34. The predicted octanol–water partition coefficient (Wildman–Crippen LogP) is 3.09. The van der Waals surface area contributed by atoms with Crippen LogP contribution in [0.2, 0.25) is 0 Å². The number of carbonyl (C=O) groups excluding carboxylic acids is 1. The zero-order chi connectivity index (χ0) is 17.8. The normalized spacial score (nSPS) is 12.3. The molecular formula is C19H21N3O3. The van der Waals surface area contributed by atoms with Gasteiger partial charge in [0, 0.05) is 18.2 Å². The monoisotopic (exact) mass is 339 g/mol. The van der Waals surface area contributed by atoms with Crippen molar-refractivity contribution < 1.29 is 14.4 Å². The second-order valence-corrected chi connectivity index (χ2v) is 6.11. The Kier molecular flexibility index (Phi) is 5.09. The number of amides is 1. The lowest BCUT2D eigenvalue weighted by atomic mass is 10.0. The summed E-state index contributed by atoms with van der Waals surface area (Å²) >= 11 is 0. The Morgan fingerprint density at radius 1 is 1.32 bits per heavy atom. The van der Waals surface area contributed by atoms with Gasteiger partial charge in [-0.3, -0.25) is 4.79 Å². The van der Waals surface area contributed by atoms with Crippen LogP contribution in [0.3, 0.4) is 0 Å². The van der Waals surface area contributed by atoms with Gasteiger partial charge in [-0.25, -0.2) is 4.98 Å². The van der Waals surface area contributed by atoms with E-state index in [-0.39, 0.29) is 18.6 Å². The van der Waals surface area contributed by atoms with Gasteiger partial charge in [0.1, 0.15) is 0 Å². The van der Waals surface area contributed by atoms with Crippen molar-refractivity contribution in [3.05, 3.63) is 47.7 Å². The van der Waals surface area contributed by atoms with Crippen molar-refractivity contribution in [2.24, 2.45) is 0 Å². The van der Waals surface area contributed by atoms with Crippen LogP contribution >= 0.6 is 0 Å². The van der Waals surface area contributed by atoms with Crippen molar-refractivity contribution in [3.8, 4) is 11.3 Å². The van der Waals surface area contributed by atoms with Crippen LogP contribution in [0.1, 0.15) is 35.8 Å². The van der Waals surface area contributed by atoms with Crippen LogP contribution in [-0.4, -0.2) is 33.8 Å². The van der Waals surface area contributed by atoms with Crippen molar-refractivity contribution in [3.63, 3.8) is 0 Å². The van der Waals surface area contributed by atoms with E-state index in [4.69, 9.17) is 9.63 Å². The number of pyridine rings is 1. The smallest absolute Gasteiger partial charge is 0.259 e. The Morgan fingerprint density at radius 3 is 2.80 bits per heavy atom. The summed E-state index contributed by atoms with van der Waals surface area (Å²) in [5, 5.41) is 16.5. The van der Waals surface area contributed by atoms with Gasteiger partial charge in [-0.2, -0.15) is 0 Å². The molecular weight excluding hydrogens is 318 g/mol. The maximum absolute atomic E-state index is 12.8. The SMILES string of the molecule is Cc1noc2nc(-c3ccccc3)cc(C(=O)NC(C)CCCO)c12. The third-order valence-electron chi connectivity index (χ3n) is 4.10. The molecule has 2 N–H and O–H groups in total. The van der Waals surface area contributed by atoms with Gasteiger partial charge in [-0.1, -0.05) is 35.5 Å². The van der Waals surface area contributed by atoms with Gasteiger partial charge in [0.25, 0.3) is 11.6 Å². The van der Waals surface area contributed by atoms with E-state index in [1.165, 1.54) is 0 Å². The number of carbonyl (C=O) groups is 1. The second kappa shape index (κ2) is 7.44. The van der Waals surface area contributed by atoms with Gasteiger partial charge in [-0.15, -0.1) is 0 Å². The van der Waals surface area contributed by atoms with Crippen LogP contribution in [0, 0.1) is 6.92 Å². The fraction of sp³-hybridized carbons (Fsp3) is 0.316. The average Bonchev–Trinajstić information content (AvgIpc) is 3.01. The van der Waals surface area contributed by atoms with Gasteiger partial charge < -0.3 is 14.9 Å². The summed E-state index contributed by atoms with van der Waals surface area (Å²) in [4.78, 5) is 17.3. The number of hydrogen-bond donors (Lipinski definition) is 2. The maximum atomic E-state index is 12.8. The molecule has 0 aliphatic rings. The molecule has 3 rings (SSSR count). The molecule has 25 heavy (non-hydrogen) atoms. The number of aliphatic hydroxyl groups excluding tert-OH is 1. The molecule has 0 bridgehead atoms. The molecule has 0 saturated heterocycles. The van der Waals surface area contributed by atoms with Gasteiger partial charge in [0.05, 0.1) is 22.3 Å². The van der Waals surface area contributed by atoms with Crippen LogP contribution in [0.4, 0.5) is 0 Å². The zero-order valence-corrected chi connectivity index (χ0v) is 14.3. The van der Waals surface area contributed by atoms with Gasteiger partial charge in [0.15, 0.2) is 0 Å². The van der Waals surface area contributed by atoms with E-state index < -0.39 is 0 Å². The molecule has 1 unspecified atom stereocenters. The highest BCUT2D eigenvalue weighted by atomic mass is 16.5. The Hall–Kier alpha value is -2.73. The van der Waals surface area contributed by atoms with E-state index in [0.29, 0.717) is 40.9 Å². The van der Waals surface area contributed by atoms with Gasteiger partial charge in [0.2, 0.25) is 0 Å². The number of aliphatic hydroxyl groups is 1. The largest absolute Gasteiger partial charge is 0.396 e. The molecule has 3 aromatic rings. The third-order valence-corrected chi connectivity index (χ3v) is 4.10. The van der Waals surface area contributed by atoms with Crippen molar-refractivity contribution in [1.82, 2.24) is 15.5 Å². The number of nitrogens with one attached hydrogen (secondary N) is 1. The quantitative estimate of drug-likeness (QED) is 0.720.